The molecule has 0 radical (unpaired) electrons. The smallest absolute Gasteiger partial charge is 0.345 e. The maximum absolute atomic E-state index is 13.0. The molecule has 1 amide bonds. The third-order valence-electron chi connectivity index (χ3n) is 5.09. The van der Waals surface area contributed by atoms with E-state index in [0.717, 1.165) is 0 Å². The second kappa shape index (κ2) is 8.73. The minimum absolute atomic E-state index is 0.143. The van der Waals surface area contributed by atoms with Gasteiger partial charge in [0.25, 0.3) is 5.69 Å². The zero-order valence-corrected chi connectivity index (χ0v) is 17.0. The first-order valence-electron chi connectivity index (χ1n) is 9.86. The van der Waals surface area contributed by atoms with Crippen LogP contribution in [0.5, 0.6) is 0 Å². The molecule has 0 spiro atoms. The Morgan fingerprint density at radius 3 is 2.42 bits per heavy atom. The lowest BCUT2D eigenvalue weighted by Gasteiger charge is -2.20. The molecule has 3 aromatic carbocycles. The van der Waals surface area contributed by atoms with Gasteiger partial charge in [-0.15, -0.1) is 0 Å². The Balaban J connectivity index is 1.67. The van der Waals surface area contributed by atoms with Crippen molar-refractivity contribution < 1.29 is 22.9 Å². The molecule has 4 aromatic rings. The number of alkyl halides is 3. The van der Waals surface area contributed by atoms with Crippen LogP contribution >= 0.6 is 0 Å². The molecule has 0 aliphatic rings. The van der Waals surface area contributed by atoms with Gasteiger partial charge in [-0.3, -0.25) is 14.9 Å². The summed E-state index contributed by atoms with van der Waals surface area (Å²) < 4.78 is 39.1. The summed E-state index contributed by atoms with van der Waals surface area (Å²) in [5.74, 6) is -1.58. The highest BCUT2D eigenvalue weighted by Gasteiger charge is 2.34. The van der Waals surface area contributed by atoms with Crippen molar-refractivity contribution in [1.29, 1.82) is 0 Å². The Bertz CT molecular complexity index is 1320. The number of halogens is 3. The van der Waals surface area contributed by atoms with Gasteiger partial charge in [-0.05, 0) is 23.3 Å². The largest absolute Gasteiger partial charge is 0.449 e. The standard InChI is InChI=1S/C23H17F3N4O3/c24-23(25,26)22-27-17-11-10-16(12-18(17)28-22)21(14-6-2-1-3-7-14)29-20(31)13-15-8-4-5-9-19(15)30(32)33/h1-12,21H,13H2,(H,27,28)(H,29,31). The van der Waals surface area contributed by atoms with Crippen LogP contribution in [0.3, 0.4) is 0 Å². The summed E-state index contributed by atoms with van der Waals surface area (Å²) in [6, 6.07) is 18.7. The third kappa shape index (κ3) is 4.84. The van der Waals surface area contributed by atoms with Crippen LogP contribution in [0.1, 0.15) is 28.6 Å². The lowest BCUT2D eigenvalue weighted by molar-refractivity contribution is -0.385. The van der Waals surface area contributed by atoms with E-state index < -0.39 is 28.9 Å². The van der Waals surface area contributed by atoms with E-state index in [1.165, 1.54) is 30.3 Å². The summed E-state index contributed by atoms with van der Waals surface area (Å²) >= 11 is 0. The highest BCUT2D eigenvalue weighted by atomic mass is 19.4. The molecule has 1 atom stereocenters. The fourth-order valence-corrected chi connectivity index (χ4v) is 3.57. The highest BCUT2D eigenvalue weighted by Crippen LogP contribution is 2.30. The van der Waals surface area contributed by atoms with Gasteiger partial charge in [0.1, 0.15) is 0 Å². The molecule has 4 rings (SSSR count). The van der Waals surface area contributed by atoms with E-state index >= 15 is 0 Å². The molecule has 7 nitrogen and oxygen atoms in total. The minimum Gasteiger partial charge on any atom is -0.345 e. The molecule has 0 aliphatic heterocycles. The number of carbonyl (C=O) groups excluding carboxylic acids is 1. The van der Waals surface area contributed by atoms with Crippen molar-refractivity contribution in [2.45, 2.75) is 18.6 Å². The number of fused-ring (bicyclic) bond motifs is 1. The summed E-state index contributed by atoms with van der Waals surface area (Å²) in [5, 5.41) is 14.1. The maximum atomic E-state index is 13.0. The first-order chi connectivity index (χ1) is 15.7. The molecule has 0 saturated carbocycles. The second-order valence-electron chi connectivity index (χ2n) is 7.33. The van der Waals surface area contributed by atoms with Gasteiger partial charge in [0, 0.05) is 11.6 Å². The number of H-pyrrole nitrogens is 1. The van der Waals surface area contributed by atoms with E-state index in [4.69, 9.17) is 0 Å². The number of aromatic amines is 1. The van der Waals surface area contributed by atoms with Gasteiger partial charge in [-0.2, -0.15) is 13.2 Å². The molecule has 33 heavy (non-hydrogen) atoms. The summed E-state index contributed by atoms with van der Waals surface area (Å²) in [5.41, 5.74) is 1.64. The molecule has 1 unspecified atom stereocenters. The molecule has 10 heteroatoms. The number of hydrogen-bond donors (Lipinski definition) is 2. The molecule has 0 fully saturated rings. The molecular formula is C23H17F3N4O3. The summed E-state index contributed by atoms with van der Waals surface area (Å²) in [4.78, 5) is 29.4. The van der Waals surface area contributed by atoms with Crippen LogP contribution in [0.15, 0.2) is 72.8 Å². The monoisotopic (exact) mass is 454 g/mol. The minimum atomic E-state index is -4.61. The number of nitrogens with zero attached hydrogens (tertiary/aromatic N) is 2. The Labute approximate surface area is 185 Å². The van der Waals surface area contributed by atoms with Crippen molar-refractivity contribution >= 4 is 22.6 Å². The van der Waals surface area contributed by atoms with Gasteiger partial charge in [-0.25, -0.2) is 4.98 Å². The number of rotatable bonds is 6. The number of amides is 1. The molecule has 1 aromatic heterocycles. The zero-order valence-electron chi connectivity index (χ0n) is 17.0. The van der Waals surface area contributed by atoms with Gasteiger partial charge in [0.05, 0.1) is 28.4 Å². The molecule has 2 N–H and O–H groups in total. The molecular weight excluding hydrogens is 437 g/mol. The van der Waals surface area contributed by atoms with Crippen LogP contribution in [0.4, 0.5) is 18.9 Å². The average molecular weight is 454 g/mol. The van der Waals surface area contributed by atoms with Crippen molar-refractivity contribution in [3.05, 3.63) is 105 Å². The number of carbonyl (C=O) groups is 1. The van der Waals surface area contributed by atoms with Gasteiger partial charge in [-0.1, -0.05) is 54.6 Å². The van der Waals surface area contributed by atoms with Crippen LogP contribution in [-0.2, 0) is 17.4 Å². The number of aromatic nitrogens is 2. The molecule has 0 aliphatic carbocycles. The molecule has 168 valence electrons. The fraction of sp³-hybridized carbons (Fsp3) is 0.130. The molecule has 0 bridgehead atoms. The van der Waals surface area contributed by atoms with Crippen molar-refractivity contribution in [2.75, 3.05) is 0 Å². The van der Waals surface area contributed by atoms with Crippen LogP contribution < -0.4 is 5.32 Å². The number of hydrogen-bond acceptors (Lipinski definition) is 4. The summed E-state index contributed by atoms with van der Waals surface area (Å²) in [6.07, 6.45) is -4.85. The zero-order chi connectivity index (χ0) is 23.6. The first-order valence-corrected chi connectivity index (χ1v) is 9.86. The van der Waals surface area contributed by atoms with Crippen LogP contribution in [0.25, 0.3) is 11.0 Å². The van der Waals surface area contributed by atoms with Gasteiger partial charge < -0.3 is 10.3 Å². The number of nitro groups is 1. The SMILES string of the molecule is O=C(Cc1ccccc1[N+](=O)[O-])NC(c1ccccc1)c1ccc2nc(C(F)(F)F)[nH]c2c1. The first kappa shape index (κ1) is 22.0. The Kier molecular flexibility index (Phi) is 5.82. The predicted octanol–water partition coefficient (Wildman–Crippen LogP) is 4.94. The van der Waals surface area contributed by atoms with E-state index in [1.54, 1.807) is 42.5 Å². The maximum Gasteiger partial charge on any atom is 0.449 e. The van der Waals surface area contributed by atoms with Crippen molar-refractivity contribution in [3.63, 3.8) is 0 Å². The van der Waals surface area contributed by atoms with Crippen LogP contribution in [-0.4, -0.2) is 20.8 Å². The number of nitrogens with one attached hydrogen (secondary N) is 2. The quantitative estimate of drug-likeness (QED) is 0.318. The normalized spacial score (nSPS) is 12.5. The van der Waals surface area contributed by atoms with Crippen LogP contribution in [0, 0.1) is 10.1 Å². The highest BCUT2D eigenvalue weighted by molar-refractivity contribution is 5.81. The van der Waals surface area contributed by atoms with E-state index in [-0.39, 0.29) is 28.7 Å². The molecule has 1 heterocycles. The topological polar surface area (TPSA) is 101 Å². The van der Waals surface area contributed by atoms with Gasteiger partial charge in [0.15, 0.2) is 0 Å². The van der Waals surface area contributed by atoms with Crippen molar-refractivity contribution in [2.24, 2.45) is 0 Å². The predicted molar refractivity (Wildman–Crippen MR) is 114 cm³/mol. The number of nitro benzene ring substituents is 1. The van der Waals surface area contributed by atoms with Crippen molar-refractivity contribution in [3.8, 4) is 0 Å². The average Bonchev–Trinajstić information content (AvgIpc) is 3.22. The van der Waals surface area contributed by atoms with Gasteiger partial charge >= 0.3 is 6.18 Å². The number of benzene rings is 3. The summed E-state index contributed by atoms with van der Waals surface area (Å²) in [7, 11) is 0. The van der Waals surface area contributed by atoms with E-state index in [1.807, 2.05) is 0 Å². The summed E-state index contributed by atoms with van der Waals surface area (Å²) in [6.45, 7) is 0. The number of para-hydroxylation sites is 1. The lowest BCUT2D eigenvalue weighted by Crippen LogP contribution is -2.30. The Morgan fingerprint density at radius 1 is 1.03 bits per heavy atom. The molecule has 0 saturated heterocycles. The van der Waals surface area contributed by atoms with Crippen molar-refractivity contribution in [1.82, 2.24) is 15.3 Å². The van der Waals surface area contributed by atoms with Crippen LogP contribution in [0.2, 0.25) is 0 Å². The number of imidazole rings is 1. The Morgan fingerprint density at radius 2 is 1.73 bits per heavy atom. The third-order valence-corrected chi connectivity index (χ3v) is 5.09. The lowest BCUT2D eigenvalue weighted by atomic mass is 9.97. The second-order valence-corrected chi connectivity index (χ2v) is 7.33. The van der Waals surface area contributed by atoms with E-state index in [9.17, 15) is 28.1 Å². The Hall–Kier alpha value is -4.21. The van der Waals surface area contributed by atoms with Gasteiger partial charge in [0.2, 0.25) is 11.7 Å². The van der Waals surface area contributed by atoms with E-state index in [0.29, 0.717) is 11.1 Å². The van der Waals surface area contributed by atoms with E-state index in [2.05, 4.69) is 15.3 Å². The fourth-order valence-electron chi connectivity index (χ4n) is 3.57.